The molecule has 0 fully saturated rings. The molecule has 0 bridgehead atoms. The van der Waals surface area contributed by atoms with E-state index in [2.05, 4.69) is 31.1 Å². The zero-order valence-electron chi connectivity index (χ0n) is 38.8. The van der Waals surface area contributed by atoms with E-state index in [0.29, 0.717) is 23.9 Å². The number of phenols is 2. The van der Waals surface area contributed by atoms with Crippen molar-refractivity contribution in [1.82, 2.24) is 4.90 Å². The van der Waals surface area contributed by atoms with E-state index in [1.807, 2.05) is 11.9 Å². The number of fused-ring (bicyclic) bond motifs is 3. The molecule has 9 N–H and O–H groups in total. The van der Waals surface area contributed by atoms with Crippen LogP contribution in [0, 0.1) is 0 Å². The number of nitrogens with zero attached hydrogens (tertiary/aromatic N) is 5. The van der Waals surface area contributed by atoms with Crippen LogP contribution in [0.4, 0.5) is 38.9 Å². The number of anilines is 2. The zero-order valence-corrected chi connectivity index (χ0v) is 44.1. The number of rotatable bonds is 16. The molecular formula is C44H42N7NaO18S4. The Labute approximate surface area is 444 Å². The third-order valence-electron chi connectivity index (χ3n) is 10.3. The fourth-order valence-electron chi connectivity index (χ4n) is 6.87. The first-order chi connectivity index (χ1) is 34.2. The van der Waals surface area contributed by atoms with Gasteiger partial charge in [-0.3, -0.25) is 13.7 Å². The van der Waals surface area contributed by atoms with Crippen LogP contribution in [0.2, 0.25) is 0 Å². The molecular weight excluding hydrogens is 1070 g/mol. The molecule has 0 heterocycles. The first-order valence-electron chi connectivity index (χ1n) is 20.8. The third kappa shape index (κ3) is 14.5. The molecule has 2 amide bonds. The normalized spacial score (nSPS) is 12.3. The van der Waals surface area contributed by atoms with E-state index in [4.69, 9.17) is 14.9 Å². The number of urea groups is 1. The Balaban J connectivity index is 0.00000104. The van der Waals surface area contributed by atoms with Gasteiger partial charge in [-0.25, -0.2) is 13.2 Å². The number of carbonyl (C=O) groups excluding carboxylic acids is 1. The molecule has 0 radical (unpaired) electrons. The molecule has 0 aliphatic heterocycles. The van der Waals surface area contributed by atoms with E-state index < -0.39 is 84.1 Å². The van der Waals surface area contributed by atoms with Gasteiger partial charge in [-0.1, -0.05) is 12.1 Å². The standard InChI is InChI=1S/C39H30N6O16S4.C5H13NO2.Na/c1-2-61-31-12-8-27(19-32(31)63(52,53)54)43-45-36-34(65(58,59)60)18-23-15-25(7-11-30(23)38(36)47)41-39(48)40-24-6-10-29-22(14-24)17-33(64(55,56)57)35(37(29)46)44-42-26-5-3-21-16-28(62(49,50)51)9-4-20(21)13-26;1-6(2-4-7)3-5-8;/h3-19,46-47H,2H2,1H3,(H2,40,41,48)(H,49,50,51)(H,52,53,54)(H,55,56,57)(H,58,59,60);7-8H,2-5H2,1H3;/q;;+1/p-1. The van der Waals surface area contributed by atoms with Crippen molar-refractivity contribution in [3.05, 3.63) is 103 Å². The molecule has 30 heteroatoms. The van der Waals surface area contributed by atoms with E-state index in [9.17, 15) is 66.9 Å². The molecule has 0 aliphatic carbocycles. The van der Waals surface area contributed by atoms with E-state index >= 15 is 0 Å². The van der Waals surface area contributed by atoms with Gasteiger partial charge in [0.2, 0.25) is 0 Å². The number of ether oxygens (including phenoxy) is 1. The average Bonchev–Trinajstić information content (AvgIpc) is 3.30. The van der Waals surface area contributed by atoms with Crippen LogP contribution in [-0.4, -0.2) is 123 Å². The summed E-state index contributed by atoms with van der Waals surface area (Å²) in [5.74, 6) is -1.73. The van der Waals surface area contributed by atoms with Crippen LogP contribution >= 0.6 is 0 Å². The Bertz CT molecular complexity index is 3820. The van der Waals surface area contributed by atoms with Gasteiger partial charge in [0.1, 0.15) is 37.0 Å². The van der Waals surface area contributed by atoms with Crippen molar-refractivity contribution in [3.8, 4) is 17.2 Å². The summed E-state index contributed by atoms with van der Waals surface area (Å²) in [6.45, 7) is 3.23. The minimum Gasteiger partial charge on any atom is -0.744 e. The van der Waals surface area contributed by atoms with Gasteiger partial charge in [0.05, 0.1) is 41.0 Å². The number of azo groups is 2. The van der Waals surface area contributed by atoms with Gasteiger partial charge in [0.25, 0.3) is 30.4 Å². The first kappa shape index (κ1) is 58.6. The van der Waals surface area contributed by atoms with Gasteiger partial charge >= 0.3 is 35.6 Å². The Morgan fingerprint density at radius 1 is 0.581 bits per heavy atom. The van der Waals surface area contributed by atoms with Gasteiger partial charge in [0, 0.05) is 35.2 Å². The number of benzene rings is 7. The van der Waals surface area contributed by atoms with Gasteiger partial charge in [-0.15, -0.1) is 10.2 Å². The fourth-order valence-corrected chi connectivity index (χ4v) is 9.34. The molecule has 0 unspecified atom stereocenters. The fraction of sp³-hybridized carbons (Fsp3) is 0.159. The van der Waals surface area contributed by atoms with Crippen LogP contribution in [0.15, 0.2) is 143 Å². The second-order valence-electron chi connectivity index (χ2n) is 15.4. The Morgan fingerprint density at radius 3 is 1.54 bits per heavy atom. The van der Waals surface area contributed by atoms with Gasteiger partial charge in [-0.2, -0.15) is 35.5 Å². The maximum Gasteiger partial charge on any atom is 1.00 e. The predicted octanol–water partition coefficient (Wildman–Crippen LogP) is 3.98. The Kier molecular flexibility index (Phi) is 18.9. The van der Waals surface area contributed by atoms with Gasteiger partial charge in [0.15, 0.2) is 11.5 Å². The molecule has 25 nitrogen and oxygen atoms in total. The summed E-state index contributed by atoms with van der Waals surface area (Å²) in [6, 6.07) is 19.9. The summed E-state index contributed by atoms with van der Waals surface area (Å²) in [7, 11) is -17.8. The molecule has 74 heavy (non-hydrogen) atoms. The van der Waals surface area contributed by atoms with Crippen LogP contribution in [-0.2, 0) is 40.5 Å². The number of amides is 2. The van der Waals surface area contributed by atoms with Crippen molar-refractivity contribution >= 4 is 113 Å². The van der Waals surface area contributed by atoms with Crippen LogP contribution < -0.4 is 44.9 Å². The summed E-state index contributed by atoms with van der Waals surface area (Å²) < 4.78 is 143. The summed E-state index contributed by atoms with van der Waals surface area (Å²) in [5, 5.41) is 59.9. The quantitative estimate of drug-likeness (QED) is 0.0375. The molecule has 7 aromatic carbocycles. The average molecular weight is 1110 g/mol. The second kappa shape index (κ2) is 23.9. The minimum atomic E-state index is -5.30. The predicted molar refractivity (Wildman–Crippen MR) is 263 cm³/mol. The maximum absolute atomic E-state index is 13.1. The van der Waals surface area contributed by atoms with Crippen molar-refractivity contribution in [2.24, 2.45) is 20.5 Å². The summed E-state index contributed by atoms with van der Waals surface area (Å²) in [5.41, 5.74) is -1.47. The van der Waals surface area contributed by atoms with Crippen LogP contribution in [0.25, 0.3) is 32.3 Å². The Hall–Kier alpha value is -6.29. The van der Waals surface area contributed by atoms with Crippen LogP contribution in [0.1, 0.15) is 6.92 Å². The number of carbonyl (C=O) groups is 1. The molecule has 7 rings (SSSR count). The third-order valence-corrected chi connectivity index (χ3v) is 13.7. The topological polar surface area (TPSA) is 404 Å². The SMILES string of the molecule is CCOc1ccc(N=Nc2c(S(=O)(=O)O)cc3cc(NC(=O)Nc4ccc5c(O)c(N=Nc6ccc7cc(S(=O)(=O)O)ccc7c6)c(S(=O)(=O)[O-])cc5c4)ccc3c2O)cc1S(=O)(=O)O.CN(CCO)CCO.[Na+]. The maximum atomic E-state index is 13.1. The number of aliphatic hydroxyl groups excluding tert-OH is 2. The summed E-state index contributed by atoms with van der Waals surface area (Å²) in [4.78, 5) is 12.1. The molecule has 0 aliphatic rings. The number of aliphatic hydroxyl groups is 2. The van der Waals surface area contributed by atoms with Crippen molar-refractivity contribution in [1.29, 1.82) is 0 Å². The second-order valence-corrected chi connectivity index (χ2v) is 20.9. The first-order valence-corrected chi connectivity index (χ1v) is 26.5. The molecule has 386 valence electrons. The number of aromatic hydroxyl groups is 2. The smallest absolute Gasteiger partial charge is 0.744 e. The number of nitrogens with one attached hydrogen (secondary N) is 2. The molecule has 0 atom stereocenters. The molecule has 7 aromatic rings. The van der Waals surface area contributed by atoms with E-state index in [0.717, 1.165) is 30.3 Å². The zero-order chi connectivity index (χ0) is 53.6. The molecule has 0 spiro atoms. The van der Waals surface area contributed by atoms with Crippen molar-refractivity contribution in [3.63, 3.8) is 0 Å². The molecule has 0 saturated carbocycles. The number of hydrogen-bond donors (Lipinski definition) is 9. The van der Waals surface area contributed by atoms with Crippen LogP contribution in [0.5, 0.6) is 17.2 Å². The number of phenolic OH excluding ortho intramolecular Hbond substituents is 2. The van der Waals surface area contributed by atoms with E-state index in [1.54, 1.807) is 6.92 Å². The molecule has 0 saturated heterocycles. The minimum absolute atomic E-state index is 0. The Morgan fingerprint density at radius 2 is 1.05 bits per heavy atom. The number of hydrogen-bond acceptors (Lipinski definition) is 20. The summed E-state index contributed by atoms with van der Waals surface area (Å²) in [6.07, 6.45) is 0. The molecule has 0 aromatic heterocycles. The van der Waals surface area contributed by atoms with E-state index in [1.165, 1.54) is 72.8 Å². The van der Waals surface area contributed by atoms with Gasteiger partial charge in [-0.05, 0) is 127 Å². The van der Waals surface area contributed by atoms with Crippen molar-refractivity contribution in [2.45, 2.75) is 26.5 Å². The van der Waals surface area contributed by atoms with Crippen LogP contribution in [0.3, 0.4) is 0 Å². The summed E-state index contributed by atoms with van der Waals surface area (Å²) >= 11 is 0. The van der Waals surface area contributed by atoms with Crippen molar-refractivity contribution < 1.29 is 111 Å². The monoisotopic (exact) mass is 1110 g/mol. The van der Waals surface area contributed by atoms with E-state index in [-0.39, 0.29) is 104 Å². The largest absolute Gasteiger partial charge is 1.00 e. The number of likely N-dealkylation sites (N-methyl/N-ethyl adjacent to an activating group) is 1. The van der Waals surface area contributed by atoms with Gasteiger partial charge < -0.3 is 45.2 Å². The van der Waals surface area contributed by atoms with Crippen molar-refractivity contribution in [2.75, 3.05) is 50.6 Å².